The predicted molar refractivity (Wildman–Crippen MR) is 72.8 cm³/mol. The molecule has 18 heavy (non-hydrogen) atoms. The molecule has 94 valence electrons. The van der Waals surface area contributed by atoms with Gasteiger partial charge in [-0.3, -0.25) is 4.79 Å². The minimum Gasteiger partial charge on any atom is -0.375 e. The molecule has 0 atom stereocenters. The van der Waals surface area contributed by atoms with E-state index >= 15 is 0 Å². The normalized spacial score (nSPS) is 10.3. The molecule has 3 N–H and O–H groups in total. The zero-order valence-electron chi connectivity index (χ0n) is 9.61. The average Bonchev–Trinajstić information content (AvgIpc) is 2.69. The molecule has 2 rings (SSSR count). The number of anilines is 2. The molecule has 0 bridgehead atoms. The monoisotopic (exact) mass is 282 g/mol. The van der Waals surface area contributed by atoms with Crippen LogP contribution in [0, 0.1) is 6.92 Å². The van der Waals surface area contributed by atoms with Gasteiger partial charge in [-0.15, -0.1) is 11.3 Å². The molecule has 0 spiro atoms. The largest absolute Gasteiger partial charge is 0.375 e. The van der Waals surface area contributed by atoms with Crippen LogP contribution in [0.3, 0.4) is 0 Å². The Hall–Kier alpha value is -1.66. The van der Waals surface area contributed by atoms with Crippen molar-refractivity contribution in [2.45, 2.75) is 13.3 Å². The number of nitrogen functional groups attached to an aromatic ring is 1. The number of halogens is 1. The van der Waals surface area contributed by atoms with Crippen molar-refractivity contribution in [3.05, 3.63) is 34.1 Å². The minimum absolute atomic E-state index is 0.163. The molecule has 7 heteroatoms. The first-order chi connectivity index (χ1) is 8.54. The van der Waals surface area contributed by atoms with Crippen molar-refractivity contribution in [1.82, 2.24) is 9.97 Å². The molecule has 2 aromatic rings. The lowest BCUT2D eigenvalue weighted by molar-refractivity contribution is -0.115. The van der Waals surface area contributed by atoms with Crippen molar-refractivity contribution < 1.29 is 4.79 Å². The molecule has 0 aliphatic carbocycles. The van der Waals surface area contributed by atoms with E-state index < -0.39 is 0 Å². The lowest BCUT2D eigenvalue weighted by Gasteiger charge is -2.05. The summed E-state index contributed by atoms with van der Waals surface area (Å²) in [5.74, 6) is -0.163. The van der Waals surface area contributed by atoms with E-state index in [1.54, 1.807) is 11.4 Å². The van der Waals surface area contributed by atoms with Crippen LogP contribution in [0.1, 0.15) is 11.3 Å². The van der Waals surface area contributed by atoms with Crippen LogP contribution in [-0.2, 0) is 11.2 Å². The second kappa shape index (κ2) is 5.32. The van der Waals surface area contributed by atoms with Crippen LogP contribution in [0.2, 0.25) is 5.15 Å². The van der Waals surface area contributed by atoms with E-state index in [9.17, 15) is 4.79 Å². The first-order valence-electron chi connectivity index (χ1n) is 5.16. The van der Waals surface area contributed by atoms with Crippen LogP contribution in [0.4, 0.5) is 10.8 Å². The molecule has 0 aliphatic heterocycles. The van der Waals surface area contributed by atoms with E-state index in [0.717, 1.165) is 5.56 Å². The number of rotatable bonds is 3. The summed E-state index contributed by atoms with van der Waals surface area (Å²) in [6, 6.07) is 1.77. The fourth-order valence-corrected chi connectivity index (χ4v) is 2.07. The van der Waals surface area contributed by atoms with Crippen molar-refractivity contribution in [2.75, 3.05) is 11.1 Å². The topological polar surface area (TPSA) is 80.9 Å². The molecule has 5 nitrogen and oxygen atoms in total. The predicted octanol–water partition coefficient (Wildman–Crippen LogP) is 2.26. The second-order valence-electron chi connectivity index (χ2n) is 3.73. The molecule has 2 heterocycles. The molecule has 0 saturated heterocycles. The summed E-state index contributed by atoms with van der Waals surface area (Å²) >= 11 is 7.12. The molecule has 0 saturated carbocycles. The number of carbonyl (C=O) groups is 1. The first-order valence-corrected chi connectivity index (χ1v) is 6.42. The van der Waals surface area contributed by atoms with E-state index in [1.165, 1.54) is 17.5 Å². The number of hydrogen-bond donors (Lipinski definition) is 2. The molecule has 1 amide bonds. The Labute approximate surface area is 113 Å². The van der Waals surface area contributed by atoms with Crippen molar-refractivity contribution >= 4 is 39.7 Å². The molecular weight excluding hydrogens is 272 g/mol. The van der Waals surface area contributed by atoms with Gasteiger partial charge in [0.25, 0.3) is 0 Å². The van der Waals surface area contributed by atoms with Crippen molar-refractivity contribution in [1.29, 1.82) is 0 Å². The lowest BCUT2D eigenvalue weighted by atomic mass is 10.2. The zero-order chi connectivity index (χ0) is 13.1. The number of thiazole rings is 1. The Morgan fingerprint density at radius 2 is 2.39 bits per heavy atom. The quantitative estimate of drug-likeness (QED) is 0.846. The standard InChI is InChI=1S/C11H11ClN4OS/c1-6-2-7(4-14-10(6)12)15-9(17)3-8-5-18-11(13)16-8/h2,4-5H,3H2,1H3,(H2,13,16)(H,15,17). The van der Waals surface area contributed by atoms with E-state index in [0.29, 0.717) is 21.7 Å². The minimum atomic E-state index is -0.163. The molecule has 0 fully saturated rings. The van der Waals surface area contributed by atoms with Gasteiger partial charge in [0.05, 0.1) is 24.0 Å². The van der Waals surface area contributed by atoms with Gasteiger partial charge >= 0.3 is 0 Å². The highest BCUT2D eigenvalue weighted by atomic mass is 35.5. The van der Waals surface area contributed by atoms with E-state index in [-0.39, 0.29) is 12.3 Å². The number of carbonyl (C=O) groups excluding carboxylic acids is 1. The summed E-state index contributed by atoms with van der Waals surface area (Å²) in [6.07, 6.45) is 1.71. The number of nitrogens with two attached hydrogens (primary N) is 1. The SMILES string of the molecule is Cc1cc(NC(=O)Cc2csc(N)n2)cnc1Cl. The third-order valence-corrected chi connectivity index (χ3v) is 3.33. The number of aromatic nitrogens is 2. The lowest BCUT2D eigenvalue weighted by Crippen LogP contribution is -2.15. The van der Waals surface area contributed by atoms with Gasteiger partial charge in [0.2, 0.25) is 5.91 Å². The van der Waals surface area contributed by atoms with Gasteiger partial charge in [-0.2, -0.15) is 0 Å². The van der Waals surface area contributed by atoms with Crippen LogP contribution >= 0.6 is 22.9 Å². The number of hydrogen-bond acceptors (Lipinski definition) is 5. The smallest absolute Gasteiger partial charge is 0.230 e. The summed E-state index contributed by atoms with van der Waals surface area (Å²) in [6.45, 7) is 1.83. The number of amides is 1. The Morgan fingerprint density at radius 3 is 3.00 bits per heavy atom. The second-order valence-corrected chi connectivity index (χ2v) is 4.98. The summed E-state index contributed by atoms with van der Waals surface area (Å²) < 4.78 is 0. The van der Waals surface area contributed by atoms with Crippen LogP contribution in [0.5, 0.6) is 0 Å². The Kier molecular flexibility index (Phi) is 3.78. The van der Waals surface area contributed by atoms with Crippen LogP contribution in [-0.4, -0.2) is 15.9 Å². The molecule has 2 aromatic heterocycles. The fourth-order valence-electron chi connectivity index (χ4n) is 1.40. The summed E-state index contributed by atoms with van der Waals surface area (Å²) in [4.78, 5) is 19.7. The highest BCUT2D eigenvalue weighted by Gasteiger charge is 2.08. The number of pyridine rings is 1. The summed E-state index contributed by atoms with van der Waals surface area (Å²) in [7, 11) is 0. The van der Waals surface area contributed by atoms with Gasteiger partial charge in [0.15, 0.2) is 5.13 Å². The van der Waals surface area contributed by atoms with Gasteiger partial charge < -0.3 is 11.1 Å². The van der Waals surface area contributed by atoms with Gasteiger partial charge in [0.1, 0.15) is 5.15 Å². The summed E-state index contributed by atoms with van der Waals surface area (Å²) in [5, 5.41) is 5.39. The van der Waals surface area contributed by atoms with Crippen molar-refractivity contribution in [3.63, 3.8) is 0 Å². The third kappa shape index (κ3) is 3.18. The van der Waals surface area contributed by atoms with Crippen LogP contribution in [0.15, 0.2) is 17.6 Å². The van der Waals surface area contributed by atoms with E-state index in [1.807, 2.05) is 6.92 Å². The maximum absolute atomic E-state index is 11.7. The fraction of sp³-hybridized carbons (Fsp3) is 0.182. The third-order valence-electron chi connectivity index (χ3n) is 2.21. The average molecular weight is 283 g/mol. The number of nitrogens with zero attached hydrogens (tertiary/aromatic N) is 2. The molecule has 0 radical (unpaired) electrons. The molecule has 0 aliphatic rings. The van der Waals surface area contributed by atoms with Crippen LogP contribution in [0.25, 0.3) is 0 Å². The highest BCUT2D eigenvalue weighted by Crippen LogP contribution is 2.17. The Morgan fingerprint density at radius 1 is 1.61 bits per heavy atom. The number of aryl methyl sites for hydroxylation is 1. The molecule has 0 aromatic carbocycles. The molecular formula is C11H11ClN4OS. The van der Waals surface area contributed by atoms with Gasteiger partial charge in [-0.25, -0.2) is 9.97 Å². The van der Waals surface area contributed by atoms with Crippen molar-refractivity contribution in [2.24, 2.45) is 0 Å². The summed E-state index contributed by atoms with van der Waals surface area (Å²) in [5.41, 5.74) is 7.58. The van der Waals surface area contributed by atoms with E-state index in [4.69, 9.17) is 17.3 Å². The maximum atomic E-state index is 11.7. The Balaban J connectivity index is 2.00. The number of nitrogens with one attached hydrogen (secondary N) is 1. The molecule has 0 unspecified atom stereocenters. The Bertz CT molecular complexity index is 584. The maximum Gasteiger partial charge on any atom is 0.230 e. The van der Waals surface area contributed by atoms with Gasteiger partial charge in [-0.05, 0) is 18.6 Å². The first kappa shape index (κ1) is 12.8. The van der Waals surface area contributed by atoms with Gasteiger partial charge in [-0.1, -0.05) is 11.6 Å². The zero-order valence-corrected chi connectivity index (χ0v) is 11.2. The van der Waals surface area contributed by atoms with E-state index in [2.05, 4.69) is 15.3 Å². The van der Waals surface area contributed by atoms with Crippen LogP contribution < -0.4 is 11.1 Å². The van der Waals surface area contributed by atoms with Gasteiger partial charge in [0, 0.05) is 5.38 Å². The highest BCUT2D eigenvalue weighted by molar-refractivity contribution is 7.13. The van der Waals surface area contributed by atoms with Crippen molar-refractivity contribution in [3.8, 4) is 0 Å².